The Balaban J connectivity index is 1.96. The Kier molecular flexibility index (Phi) is 3.03. The Morgan fingerprint density at radius 1 is 1.11 bits per heavy atom. The third-order valence-electron chi connectivity index (χ3n) is 3.07. The van der Waals surface area contributed by atoms with Crippen molar-refractivity contribution in [3.63, 3.8) is 0 Å². The maximum atomic E-state index is 12.1. The topological polar surface area (TPSA) is 54.4 Å². The number of hydrogen-bond acceptors (Lipinski definition) is 4. The summed E-state index contributed by atoms with van der Waals surface area (Å²) in [5.74, 6) is 0.311. The van der Waals surface area contributed by atoms with Gasteiger partial charge in [-0.15, -0.1) is 11.8 Å². The maximum Gasteiger partial charge on any atom is 0.180 e. The molecule has 0 saturated carbocycles. The van der Waals surface area contributed by atoms with E-state index in [1.807, 2.05) is 18.2 Å². The average Bonchev–Trinajstić information content (AvgIpc) is 2.62. The lowest BCUT2D eigenvalue weighted by Gasteiger charge is -2.09. The van der Waals surface area contributed by atoms with Crippen molar-refractivity contribution in [2.24, 2.45) is 0 Å². The first-order chi connectivity index (χ1) is 9.06. The minimum absolute atomic E-state index is 0.108. The van der Waals surface area contributed by atoms with E-state index in [0.717, 1.165) is 10.5 Å². The molecule has 2 aromatic rings. The number of phenols is 1. The van der Waals surface area contributed by atoms with Gasteiger partial charge in [-0.1, -0.05) is 24.3 Å². The van der Waals surface area contributed by atoms with E-state index < -0.39 is 9.84 Å². The fourth-order valence-electron chi connectivity index (χ4n) is 2.23. The fourth-order valence-corrected chi connectivity index (χ4v) is 5.73. The van der Waals surface area contributed by atoms with Crippen LogP contribution in [-0.4, -0.2) is 19.3 Å². The van der Waals surface area contributed by atoms with E-state index in [1.54, 1.807) is 30.3 Å². The number of hydrogen-bond donors (Lipinski definition) is 1. The highest BCUT2D eigenvalue weighted by Crippen LogP contribution is 2.45. The van der Waals surface area contributed by atoms with Gasteiger partial charge in [0.1, 0.15) is 5.75 Å². The zero-order chi connectivity index (χ0) is 13.5. The van der Waals surface area contributed by atoms with Gasteiger partial charge < -0.3 is 5.11 Å². The molecule has 1 N–H and O–H groups in total. The van der Waals surface area contributed by atoms with E-state index in [0.29, 0.717) is 4.90 Å². The molecule has 3 nitrogen and oxygen atoms in total. The van der Waals surface area contributed by atoms with Crippen molar-refractivity contribution in [1.29, 1.82) is 0 Å². The normalized spacial score (nSPS) is 20.1. The first-order valence-corrected chi connectivity index (χ1v) is 8.37. The van der Waals surface area contributed by atoms with Crippen LogP contribution in [0.15, 0.2) is 58.3 Å². The highest BCUT2D eigenvalue weighted by molar-refractivity contribution is 8.01. The molecule has 1 aliphatic heterocycles. The number of benzene rings is 2. The Labute approximate surface area is 116 Å². The fraction of sp³-hybridized carbons (Fsp3) is 0.143. The molecule has 1 heterocycles. The van der Waals surface area contributed by atoms with Crippen molar-refractivity contribution >= 4 is 21.6 Å². The number of thioether (sulfide) groups is 1. The summed E-state index contributed by atoms with van der Waals surface area (Å²) in [4.78, 5) is 1.31. The molecule has 5 heteroatoms. The minimum atomic E-state index is -3.17. The molecule has 3 rings (SSSR count). The molecule has 1 aliphatic rings. The Bertz CT molecular complexity index is 723. The molecular weight excluding hydrogens is 280 g/mol. The first kappa shape index (κ1) is 12.6. The van der Waals surface area contributed by atoms with Crippen molar-refractivity contribution in [1.82, 2.24) is 0 Å². The first-order valence-electron chi connectivity index (χ1n) is 5.84. The van der Waals surface area contributed by atoms with Gasteiger partial charge in [0.25, 0.3) is 0 Å². The molecule has 0 radical (unpaired) electrons. The largest absolute Gasteiger partial charge is 0.508 e. The highest BCUT2D eigenvalue weighted by atomic mass is 32.2. The van der Waals surface area contributed by atoms with Crippen LogP contribution in [-0.2, 0) is 9.84 Å². The van der Waals surface area contributed by atoms with E-state index in [1.165, 1.54) is 11.8 Å². The van der Waals surface area contributed by atoms with Crippen LogP contribution in [0.1, 0.15) is 10.8 Å². The lowest BCUT2D eigenvalue weighted by Crippen LogP contribution is -2.00. The van der Waals surface area contributed by atoms with Crippen molar-refractivity contribution in [3.05, 3.63) is 54.1 Å². The standard InChI is InChI=1S/C14H12O3S2/c15-10-4-3-5-11(8-10)18-13-9-19(16,17)14-7-2-1-6-12(13)14/h1-8,13,15H,9H2. The molecule has 0 spiro atoms. The van der Waals surface area contributed by atoms with Gasteiger partial charge in [0.05, 0.1) is 15.9 Å². The predicted octanol–water partition coefficient (Wildman–Crippen LogP) is 3.01. The van der Waals surface area contributed by atoms with E-state index >= 15 is 0 Å². The quantitative estimate of drug-likeness (QED) is 0.924. The van der Waals surface area contributed by atoms with Gasteiger partial charge in [0.15, 0.2) is 9.84 Å². The van der Waals surface area contributed by atoms with Crippen LogP contribution < -0.4 is 0 Å². The molecule has 0 saturated heterocycles. The second-order valence-corrected chi connectivity index (χ2v) is 7.70. The Hall–Kier alpha value is -1.46. The molecule has 2 aromatic carbocycles. The minimum Gasteiger partial charge on any atom is -0.508 e. The van der Waals surface area contributed by atoms with Gasteiger partial charge in [-0.2, -0.15) is 0 Å². The molecule has 0 aliphatic carbocycles. The summed E-state index contributed by atoms with van der Waals surface area (Å²) in [6, 6.07) is 14.0. The zero-order valence-electron chi connectivity index (χ0n) is 9.98. The van der Waals surface area contributed by atoms with E-state index in [4.69, 9.17) is 0 Å². The summed E-state index contributed by atoms with van der Waals surface area (Å²) in [6.45, 7) is 0. The van der Waals surface area contributed by atoms with Gasteiger partial charge in [0, 0.05) is 4.90 Å². The predicted molar refractivity (Wildman–Crippen MR) is 75.2 cm³/mol. The number of sulfone groups is 1. The summed E-state index contributed by atoms with van der Waals surface area (Å²) >= 11 is 1.47. The summed E-state index contributed by atoms with van der Waals surface area (Å²) in [5.41, 5.74) is 0.857. The third kappa shape index (κ3) is 2.35. The molecule has 0 bridgehead atoms. The molecule has 1 atom stereocenters. The average molecular weight is 292 g/mol. The summed E-state index contributed by atoms with van der Waals surface area (Å²) in [6.07, 6.45) is 0. The van der Waals surface area contributed by atoms with Crippen LogP contribution in [0.4, 0.5) is 0 Å². The van der Waals surface area contributed by atoms with Crippen molar-refractivity contribution in [3.8, 4) is 5.75 Å². The van der Waals surface area contributed by atoms with Crippen LogP contribution >= 0.6 is 11.8 Å². The number of fused-ring (bicyclic) bond motifs is 1. The zero-order valence-corrected chi connectivity index (χ0v) is 11.6. The lowest BCUT2D eigenvalue weighted by molar-refractivity contribution is 0.474. The van der Waals surface area contributed by atoms with Crippen LogP contribution in [0, 0.1) is 0 Å². The SMILES string of the molecule is O=S1(=O)CC(Sc2cccc(O)c2)c2ccccc21. The number of rotatable bonds is 2. The van der Waals surface area contributed by atoms with Crippen LogP contribution in [0.3, 0.4) is 0 Å². The van der Waals surface area contributed by atoms with Gasteiger partial charge in [-0.05, 0) is 29.8 Å². The van der Waals surface area contributed by atoms with Crippen molar-refractivity contribution in [2.75, 3.05) is 5.75 Å². The summed E-state index contributed by atoms with van der Waals surface area (Å²) in [7, 11) is -3.17. The number of aromatic hydroxyl groups is 1. The van der Waals surface area contributed by atoms with Crippen LogP contribution in [0.25, 0.3) is 0 Å². The molecule has 0 amide bonds. The molecule has 1 unspecified atom stereocenters. The van der Waals surface area contributed by atoms with Gasteiger partial charge in [-0.3, -0.25) is 0 Å². The molecule has 98 valence electrons. The van der Waals surface area contributed by atoms with Crippen molar-refractivity contribution in [2.45, 2.75) is 15.0 Å². The second-order valence-electron chi connectivity index (χ2n) is 4.42. The Morgan fingerprint density at radius 2 is 1.89 bits per heavy atom. The van der Waals surface area contributed by atoms with E-state index in [-0.39, 0.29) is 16.8 Å². The smallest absolute Gasteiger partial charge is 0.180 e. The van der Waals surface area contributed by atoms with Gasteiger partial charge in [0.2, 0.25) is 0 Å². The highest BCUT2D eigenvalue weighted by Gasteiger charge is 2.34. The molecule has 19 heavy (non-hydrogen) atoms. The lowest BCUT2D eigenvalue weighted by atomic mass is 10.2. The van der Waals surface area contributed by atoms with E-state index in [2.05, 4.69) is 0 Å². The molecule has 0 fully saturated rings. The second kappa shape index (κ2) is 4.58. The third-order valence-corrected chi connectivity index (χ3v) is 6.32. The summed E-state index contributed by atoms with van der Waals surface area (Å²) < 4.78 is 24.1. The van der Waals surface area contributed by atoms with Crippen molar-refractivity contribution < 1.29 is 13.5 Å². The van der Waals surface area contributed by atoms with Gasteiger partial charge >= 0.3 is 0 Å². The Morgan fingerprint density at radius 3 is 2.68 bits per heavy atom. The maximum absolute atomic E-state index is 12.1. The number of phenolic OH excluding ortho intramolecular Hbond substituents is 1. The molecular formula is C14H12O3S2. The monoisotopic (exact) mass is 292 g/mol. The van der Waals surface area contributed by atoms with Gasteiger partial charge in [-0.25, -0.2) is 8.42 Å². The summed E-state index contributed by atoms with van der Waals surface area (Å²) in [5, 5.41) is 9.35. The molecule has 0 aromatic heterocycles. The van der Waals surface area contributed by atoms with E-state index in [9.17, 15) is 13.5 Å². The van der Waals surface area contributed by atoms with Crippen LogP contribution in [0.5, 0.6) is 5.75 Å². The van der Waals surface area contributed by atoms with Crippen LogP contribution in [0.2, 0.25) is 0 Å².